The topological polar surface area (TPSA) is 20.2 Å². The van der Waals surface area contributed by atoms with Crippen molar-refractivity contribution >= 4 is 18.4 Å². The first-order valence-corrected chi connectivity index (χ1v) is 18.0. The molecule has 1 aliphatic rings. The molecule has 1 saturated carbocycles. The van der Waals surface area contributed by atoms with Crippen molar-refractivity contribution in [3.8, 4) is 0 Å². The molecule has 0 amide bonds. The van der Waals surface area contributed by atoms with E-state index in [4.69, 9.17) is 0 Å². The summed E-state index contributed by atoms with van der Waals surface area (Å²) >= 11 is -2.45. The number of unbranched alkanes of at least 4 members (excludes halogenated alkanes) is 3. The summed E-state index contributed by atoms with van der Waals surface area (Å²) in [4.78, 5) is 0. The van der Waals surface area contributed by atoms with Gasteiger partial charge in [0, 0.05) is 0 Å². The van der Waals surface area contributed by atoms with E-state index in [-0.39, 0.29) is 6.10 Å². The van der Waals surface area contributed by atoms with Crippen LogP contribution >= 0.6 is 0 Å². The molecule has 0 aromatic rings. The standard InChI is InChI=1S/C9H15O.3C4H9.Sn/c1-2-9(10)8-6-4-3-5-7-8;3*1-3-4-2;/h8-10H,1,3-7H2;3*1,3-4H2,2H3;. The van der Waals surface area contributed by atoms with Gasteiger partial charge in [-0.2, -0.15) is 0 Å². The summed E-state index contributed by atoms with van der Waals surface area (Å²) in [6.45, 7) is 11.6. The van der Waals surface area contributed by atoms with Crippen molar-refractivity contribution in [3.05, 3.63) is 10.2 Å². The molecule has 1 fully saturated rings. The summed E-state index contributed by atoms with van der Waals surface area (Å²) in [5, 5.41) is 11.1. The normalized spacial score (nSPS) is 18.1. The Morgan fingerprint density at radius 1 is 0.913 bits per heavy atom. The second-order valence-electron chi connectivity index (χ2n) is 7.96. The predicted octanol–water partition coefficient (Wildman–Crippen LogP) is 6.87. The fourth-order valence-corrected chi connectivity index (χ4v) is 20.6. The molecule has 0 aromatic carbocycles. The average Bonchev–Trinajstić information content (AvgIpc) is 2.61. The van der Waals surface area contributed by atoms with E-state index < -0.39 is 18.4 Å². The Kier molecular flexibility index (Phi) is 11.2. The Labute approximate surface area is 150 Å². The van der Waals surface area contributed by atoms with E-state index in [1.54, 1.807) is 0 Å². The molecule has 0 spiro atoms. The molecule has 1 unspecified atom stereocenters. The van der Waals surface area contributed by atoms with Gasteiger partial charge in [-0.3, -0.25) is 0 Å². The number of aliphatic hydroxyl groups is 1. The maximum absolute atomic E-state index is 11.1. The van der Waals surface area contributed by atoms with Crippen molar-refractivity contribution < 1.29 is 5.11 Å². The SMILES string of the molecule is C=[C](C(O)C1CCCCC1)[Sn]([CH2]CCC)([CH2]CCC)[CH2]CCC. The summed E-state index contributed by atoms with van der Waals surface area (Å²) in [5.74, 6) is 0.525. The third kappa shape index (κ3) is 6.72. The van der Waals surface area contributed by atoms with Gasteiger partial charge in [-0.25, -0.2) is 0 Å². The summed E-state index contributed by atoms with van der Waals surface area (Å²) in [6, 6.07) is 0. The van der Waals surface area contributed by atoms with Gasteiger partial charge in [-0.05, 0) is 0 Å². The van der Waals surface area contributed by atoms with E-state index in [0.29, 0.717) is 5.92 Å². The molecule has 0 bridgehead atoms. The molecule has 1 aliphatic carbocycles. The van der Waals surface area contributed by atoms with Crippen LogP contribution in [0.1, 0.15) is 91.4 Å². The van der Waals surface area contributed by atoms with Crippen LogP contribution in [0.15, 0.2) is 10.2 Å². The third-order valence-corrected chi connectivity index (χ3v) is 22.1. The molecular weight excluding hydrogens is 387 g/mol. The molecule has 1 atom stereocenters. The zero-order chi connectivity index (χ0) is 17.1. The van der Waals surface area contributed by atoms with Crippen molar-refractivity contribution in [1.82, 2.24) is 0 Å². The Morgan fingerprint density at radius 3 is 1.74 bits per heavy atom. The molecule has 23 heavy (non-hydrogen) atoms. The molecule has 1 N–H and O–H groups in total. The van der Waals surface area contributed by atoms with Crippen LogP contribution in [0.25, 0.3) is 0 Å². The van der Waals surface area contributed by atoms with E-state index in [0.717, 1.165) is 0 Å². The van der Waals surface area contributed by atoms with Gasteiger partial charge in [-0.15, -0.1) is 0 Å². The van der Waals surface area contributed by atoms with Gasteiger partial charge in [0.05, 0.1) is 0 Å². The Bertz CT molecular complexity index is 298. The average molecular weight is 429 g/mol. The van der Waals surface area contributed by atoms with E-state index in [9.17, 15) is 5.11 Å². The molecule has 0 aliphatic heterocycles. The van der Waals surface area contributed by atoms with Crippen LogP contribution in [0.2, 0.25) is 13.3 Å². The predicted molar refractivity (Wildman–Crippen MR) is 107 cm³/mol. The molecular formula is C21H42OSn. The number of hydrogen-bond acceptors (Lipinski definition) is 1. The van der Waals surface area contributed by atoms with Crippen molar-refractivity contribution in [2.75, 3.05) is 0 Å². The van der Waals surface area contributed by atoms with Gasteiger partial charge in [0.2, 0.25) is 0 Å². The first-order valence-electron chi connectivity index (χ1n) is 10.5. The van der Waals surface area contributed by atoms with Crippen LogP contribution in [0.5, 0.6) is 0 Å². The van der Waals surface area contributed by atoms with E-state index in [1.807, 2.05) is 0 Å². The molecule has 0 radical (unpaired) electrons. The number of aliphatic hydroxyl groups excluding tert-OH is 1. The van der Waals surface area contributed by atoms with E-state index in [1.165, 1.54) is 87.5 Å². The van der Waals surface area contributed by atoms with E-state index in [2.05, 4.69) is 27.4 Å². The molecule has 136 valence electrons. The maximum atomic E-state index is 11.1. The summed E-state index contributed by atoms with van der Waals surface area (Å²) in [7, 11) is 0. The quantitative estimate of drug-likeness (QED) is 0.336. The first-order chi connectivity index (χ1) is 11.1. The van der Waals surface area contributed by atoms with Gasteiger partial charge >= 0.3 is 150 Å². The monoisotopic (exact) mass is 430 g/mol. The molecule has 2 heteroatoms. The summed E-state index contributed by atoms with van der Waals surface area (Å²) < 4.78 is 5.72. The Morgan fingerprint density at radius 2 is 1.35 bits per heavy atom. The zero-order valence-electron chi connectivity index (χ0n) is 16.2. The van der Waals surface area contributed by atoms with E-state index >= 15 is 0 Å². The Hall–Kier alpha value is 0.499. The zero-order valence-corrected chi connectivity index (χ0v) is 19.1. The van der Waals surface area contributed by atoms with Crippen molar-refractivity contribution in [2.45, 2.75) is 111 Å². The third-order valence-electron chi connectivity index (χ3n) is 6.16. The van der Waals surface area contributed by atoms with Crippen molar-refractivity contribution in [2.24, 2.45) is 5.92 Å². The van der Waals surface area contributed by atoms with Crippen molar-refractivity contribution in [1.29, 1.82) is 0 Å². The van der Waals surface area contributed by atoms with Crippen LogP contribution in [-0.2, 0) is 0 Å². The van der Waals surface area contributed by atoms with Gasteiger partial charge in [0.1, 0.15) is 0 Å². The molecule has 1 nitrogen and oxygen atoms in total. The van der Waals surface area contributed by atoms with Crippen LogP contribution in [0, 0.1) is 5.92 Å². The minimum absolute atomic E-state index is 0.170. The summed E-state index contributed by atoms with van der Waals surface area (Å²) in [6.07, 6.45) is 14.3. The summed E-state index contributed by atoms with van der Waals surface area (Å²) in [5.41, 5.74) is 0. The van der Waals surface area contributed by atoms with Gasteiger partial charge in [0.25, 0.3) is 0 Å². The Balaban J connectivity index is 2.89. The second-order valence-corrected chi connectivity index (χ2v) is 21.4. The first kappa shape index (κ1) is 21.5. The molecule has 1 rings (SSSR count). The second kappa shape index (κ2) is 12.0. The van der Waals surface area contributed by atoms with Crippen LogP contribution in [0.4, 0.5) is 0 Å². The van der Waals surface area contributed by atoms with Gasteiger partial charge < -0.3 is 0 Å². The van der Waals surface area contributed by atoms with Crippen LogP contribution in [0.3, 0.4) is 0 Å². The number of rotatable bonds is 12. The molecule has 0 saturated heterocycles. The van der Waals surface area contributed by atoms with Crippen LogP contribution in [-0.4, -0.2) is 29.6 Å². The minimum atomic E-state index is -2.45. The fourth-order valence-electron chi connectivity index (χ4n) is 4.45. The van der Waals surface area contributed by atoms with Gasteiger partial charge in [0.15, 0.2) is 0 Å². The van der Waals surface area contributed by atoms with Gasteiger partial charge in [-0.1, -0.05) is 0 Å². The molecule has 0 heterocycles. The fraction of sp³-hybridized carbons (Fsp3) is 0.905. The molecule has 0 aromatic heterocycles. The van der Waals surface area contributed by atoms with Crippen LogP contribution < -0.4 is 0 Å². The van der Waals surface area contributed by atoms with Crippen molar-refractivity contribution in [3.63, 3.8) is 0 Å². The number of hydrogen-bond donors (Lipinski definition) is 1.